The molecule has 25 heavy (non-hydrogen) atoms. The van der Waals surface area contributed by atoms with Gasteiger partial charge in [0, 0.05) is 31.7 Å². The summed E-state index contributed by atoms with van der Waals surface area (Å²) in [4.78, 5) is 15.9. The average molecular weight is 343 g/mol. The zero-order chi connectivity index (χ0) is 17.8. The van der Waals surface area contributed by atoms with Gasteiger partial charge in [-0.25, -0.2) is 9.78 Å². The van der Waals surface area contributed by atoms with Gasteiger partial charge in [0.2, 0.25) is 0 Å². The van der Waals surface area contributed by atoms with E-state index in [4.69, 9.17) is 4.74 Å². The number of methoxy groups -OCH3 is 1. The number of aryl methyl sites for hydroxylation is 1. The summed E-state index contributed by atoms with van der Waals surface area (Å²) in [6.07, 6.45) is 6.68. The van der Waals surface area contributed by atoms with Gasteiger partial charge in [0.05, 0.1) is 12.8 Å². The number of carboxylic acid groups (broad SMARTS) is 1. The number of carbonyl (C=O) groups is 1. The Hall–Kier alpha value is -2.34. The van der Waals surface area contributed by atoms with Gasteiger partial charge in [-0.1, -0.05) is 12.5 Å². The molecule has 0 amide bonds. The van der Waals surface area contributed by atoms with E-state index in [0.717, 1.165) is 18.5 Å². The first-order valence-electron chi connectivity index (χ1n) is 8.78. The minimum atomic E-state index is -0.980. The third-order valence-corrected chi connectivity index (χ3v) is 4.85. The van der Waals surface area contributed by atoms with Crippen LogP contribution < -0.4 is 10.1 Å². The molecule has 0 saturated heterocycles. The second-order valence-electron chi connectivity index (χ2n) is 6.50. The van der Waals surface area contributed by atoms with Crippen LogP contribution in [0.1, 0.15) is 59.7 Å². The zero-order valence-corrected chi connectivity index (χ0v) is 14.8. The topological polar surface area (TPSA) is 76.4 Å². The lowest BCUT2D eigenvalue weighted by Crippen LogP contribution is -2.21. The first-order valence-corrected chi connectivity index (χ1v) is 8.78. The lowest BCUT2D eigenvalue weighted by Gasteiger charge is -2.17. The number of hydrogen-bond donors (Lipinski definition) is 2. The summed E-state index contributed by atoms with van der Waals surface area (Å²) < 4.78 is 7.44. The number of rotatable bonds is 6. The molecular formula is C19H25N3O3. The van der Waals surface area contributed by atoms with E-state index in [1.54, 1.807) is 12.1 Å². The molecule has 3 rings (SSSR count). The van der Waals surface area contributed by atoms with E-state index in [-0.39, 0.29) is 11.6 Å². The molecule has 0 aliphatic carbocycles. The number of ether oxygens (including phenoxy) is 1. The molecule has 0 radical (unpaired) electrons. The van der Waals surface area contributed by atoms with Crippen molar-refractivity contribution in [2.24, 2.45) is 0 Å². The van der Waals surface area contributed by atoms with E-state index >= 15 is 0 Å². The van der Waals surface area contributed by atoms with Crippen molar-refractivity contribution in [2.45, 2.75) is 51.7 Å². The van der Waals surface area contributed by atoms with Crippen LogP contribution in [0.3, 0.4) is 0 Å². The van der Waals surface area contributed by atoms with Crippen LogP contribution in [-0.2, 0) is 19.5 Å². The molecule has 2 N–H and O–H groups in total. The molecule has 1 atom stereocenters. The summed E-state index contributed by atoms with van der Waals surface area (Å²) in [5, 5.41) is 12.8. The molecule has 2 heterocycles. The largest absolute Gasteiger partial charge is 0.496 e. The predicted molar refractivity (Wildman–Crippen MR) is 95.0 cm³/mol. The molecule has 0 spiro atoms. The van der Waals surface area contributed by atoms with E-state index in [1.807, 2.05) is 19.2 Å². The second kappa shape index (κ2) is 7.70. The highest BCUT2D eigenvalue weighted by Crippen LogP contribution is 2.24. The Labute approximate surface area is 147 Å². The maximum absolute atomic E-state index is 11.4. The van der Waals surface area contributed by atoms with Crippen LogP contribution in [0.25, 0.3) is 0 Å². The number of nitrogens with one attached hydrogen (secondary N) is 1. The van der Waals surface area contributed by atoms with Crippen LogP contribution in [0.5, 0.6) is 5.75 Å². The monoisotopic (exact) mass is 343 g/mol. The Morgan fingerprint density at radius 3 is 3.00 bits per heavy atom. The average Bonchev–Trinajstić information content (AvgIpc) is 2.85. The molecule has 1 aromatic carbocycles. The first-order chi connectivity index (χ1) is 12.1. The van der Waals surface area contributed by atoms with Gasteiger partial charge in [-0.15, -0.1) is 0 Å². The summed E-state index contributed by atoms with van der Waals surface area (Å²) in [5.74, 6) is 0.580. The van der Waals surface area contributed by atoms with E-state index in [9.17, 15) is 9.90 Å². The van der Waals surface area contributed by atoms with Gasteiger partial charge in [-0.2, -0.15) is 0 Å². The molecule has 2 aromatic rings. The minimum absolute atomic E-state index is 0.0286. The Morgan fingerprint density at radius 1 is 1.40 bits per heavy atom. The van der Waals surface area contributed by atoms with Gasteiger partial charge in [0.1, 0.15) is 17.1 Å². The number of imidazole rings is 1. The van der Waals surface area contributed by atoms with Crippen molar-refractivity contribution in [1.82, 2.24) is 14.9 Å². The van der Waals surface area contributed by atoms with Crippen molar-refractivity contribution >= 4 is 5.97 Å². The highest BCUT2D eigenvalue weighted by atomic mass is 16.5. The Kier molecular flexibility index (Phi) is 5.38. The van der Waals surface area contributed by atoms with E-state index in [1.165, 1.54) is 37.9 Å². The first kappa shape index (κ1) is 17.5. The fourth-order valence-electron chi connectivity index (χ4n) is 3.33. The highest BCUT2D eigenvalue weighted by Gasteiger charge is 2.16. The Bertz CT molecular complexity index is 754. The van der Waals surface area contributed by atoms with Crippen molar-refractivity contribution in [3.05, 3.63) is 47.0 Å². The quantitative estimate of drug-likeness (QED) is 0.842. The van der Waals surface area contributed by atoms with Crippen LogP contribution in [-0.4, -0.2) is 27.7 Å². The number of aromatic carboxylic acids is 1. The molecule has 1 aliphatic heterocycles. The molecule has 1 aliphatic rings. The van der Waals surface area contributed by atoms with Gasteiger partial charge < -0.3 is 19.7 Å². The molecule has 0 unspecified atom stereocenters. The lowest BCUT2D eigenvalue weighted by molar-refractivity contribution is 0.0693. The van der Waals surface area contributed by atoms with E-state index in [0.29, 0.717) is 12.3 Å². The highest BCUT2D eigenvalue weighted by molar-refractivity contribution is 5.91. The second-order valence-corrected chi connectivity index (χ2v) is 6.50. The predicted octanol–water partition coefficient (Wildman–Crippen LogP) is 3.17. The summed E-state index contributed by atoms with van der Waals surface area (Å²) >= 11 is 0. The summed E-state index contributed by atoms with van der Waals surface area (Å²) in [6.45, 7) is 3.78. The van der Waals surface area contributed by atoms with E-state index < -0.39 is 5.97 Å². The summed E-state index contributed by atoms with van der Waals surface area (Å²) in [6, 6.07) is 5.32. The van der Waals surface area contributed by atoms with Crippen molar-refractivity contribution in [1.29, 1.82) is 0 Å². The molecule has 1 aromatic heterocycles. The summed E-state index contributed by atoms with van der Waals surface area (Å²) in [7, 11) is 1.48. The Balaban J connectivity index is 1.71. The summed E-state index contributed by atoms with van der Waals surface area (Å²) in [5.41, 5.74) is 2.30. The number of nitrogens with zero attached hydrogens (tertiary/aromatic N) is 2. The number of carboxylic acids is 1. The van der Waals surface area contributed by atoms with Crippen LogP contribution in [0.2, 0.25) is 0 Å². The standard InChI is InChI=1S/C19H25N3O3/c1-13(14-7-8-17(25-2)16(10-14)19(23)24)20-11-15-12-21-18-6-4-3-5-9-22(15)18/h7-8,10,12-13,20H,3-6,9,11H2,1-2H3,(H,23,24)/t13-/m0/s1. The van der Waals surface area contributed by atoms with Crippen molar-refractivity contribution in [2.75, 3.05) is 7.11 Å². The maximum atomic E-state index is 11.4. The fourth-order valence-corrected chi connectivity index (χ4v) is 3.33. The molecule has 0 fully saturated rings. The molecule has 0 saturated carbocycles. The van der Waals surface area contributed by atoms with Crippen molar-refractivity contribution < 1.29 is 14.6 Å². The zero-order valence-electron chi connectivity index (χ0n) is 14.8. The third kappa shape index (κ3) is 3.85. The van der Waals surface area contributed by atoms with Gasteiger partial charge in [-0.05, 0) is 37.5 Å². The molecule has 0 bridgehead atoms. The van der Waals surface area contributed by atoms with Crippen LogP contribution in [0.15, 0.2) is 24.4 Å². The van der Waals surface area contributed by atoms with Gasteiger partial charge >= 0.3 is 5.97 Å². The molecular weight excluding hydrogens is 318 g/mol. The smallest absolute Gasteiger partial charge is 0.339 e. The van der Waals surface area contributed by atoms with Crippen LogP contribution in [0.4, 0.5) is 0 Å². The number of hydrogen-bond acceptors (Lipinski definition) is 4. The molecule has 6 nitrogen and oxygen atoms in total. The van der Waals surface area contributed by atoms with Gasteiger partial charge in [-0.3, -0.25) is 0 Å². The lowest BCUT2D eigenvalue weighted by atomic mass is 10.0. The fraction of sp³-hybridized carbons (Fsp3) is 0.474. The van der Waals surface area contributed by atoms with Crippen LogP contribution >= 0.6 is 0 Å². The minimum Gasteiger partial charge on any atom is -0.496 e. The molecule has 134 valence electrons. The van der Waals surface area contributed by atoms with Crippen molar-refractivity contribution in [3.63, 3.8) is 0 Å². The Morgan fingerprint density at radius 2 is 2.24 bits per heavy atom. The van der Waals surface area contributed by atoms with Gasteiger partial charge in [0.15, 0.2) is 0 Å². The number of benzene rings is 1. The van der Waals surface area contributed by atoms with Crippen molar-refractivity contribution in [3.8, 4) is 5.75 Å². The number of fused-ring (bicyclic) bond motifs is 1. The van der Waals surface area contributed by atoms with Gasteiger partial charge in [0.25, 0.3) is 0 Å². The maximum Gasteiger partial charge on any atom is 0.339 e. The normalized spacial score (nSPS) is 15.3. The van der Waals surface area contributed by atoms with Crippen LogP contribution in [0, 0.1) is 0 Å². The third-order valence-electron chi connectivity index (χ3n) is 4.85. The SMILES string of the molecule is COc1ccc([C@H](C)NCc2cnc3n2CCCCC3)cc1C(=O)O. The number of aromatic nitrogens is 2. The molecule has 6 heteroatoms. The van der Waals surface area contributed by atoms with E-state index in [2.05, 4.69) is 14.9 Å².